The van der Waals surface area contributed by atoms with Crippen molar-refractivity contribution in [3.05, 3.63) is 34.1 Å². The Morgan fingerprint density at radius 1 is 1.39 bits per heavy atom. The van der Waals surface area contributed by atoms with E-state index in [4.69, 9.17) is 0 Å². The van der Waals surface area contributed by atoms with Crippen molar-refractivity contribution in [2.24, 2.45) is 0 Å². The predicted octanol–water partition coefficient (Wildman–Crippen LogP) is 2.41. The molecule has 1 heterocycles. The zero-order valence-electron chi connectivity index (χ0n) is 10.4. The molecule has 0 saturated carbocycles. The van der Waals surface area contributed by atoms with Gasteiger partial charge in [0.05, 0.1) is 4.47 Å². The van der Waals surface area contributed by atoms with Crippen LogP contribution in [-0.2, 0) is 0 Å². The molecule has 2 unspecified atom stereocenters. The summed E-state index contributed by atoms with van der Waals surface area (Å²) in [4.78, 5) is 14.2. The number of amides is 1. The molecule has 18 heavy (non-hydrogen) atoms. The number of nitrogens with one attached hydrogen (secondary N) is 1. The van der Waals surface area contributed by atoms with Gasteiger partial charge < -0.3 is 10.2 Å². The number of carbonyl (C=O) groups excluding carboxylic acids is 1. The van der Waals surface area contributed by atoms with E-state index in [9.17, 15) is 9.18 Å². The van der Waals surface area contributed by atoms with E-state index in [1.54, 1.807) is 12.1 Å². The third-order valence-corrected chi connectivity index (χ3v) is 3.87. The zero-order valence-corrected chi connectivity index (χ0v) is 12.0. The molecule has 5 heteroatoms. The fourth-order valence-corrected chi connectivity index (χ4v) is 2.56. The van der Waals surface area contributed by atoms with E-state index in [1.165, 1.54) is 6.07 Å². The average Bonchev–Trinajstić information content (AvgIpc) is 2.32. The molecule has 1 aromatic carbocycles. The molecule has 2 atom stereocenters. The third-order valence-electron chi connectivity index (χ3n) is 3.23. The van der Waals surface area contributed by atoms with Gasteiger partial charge in [0.15, 0.2) is 0 Å². The minimum absolute atomic E-state index is 0.108. The maximum atomic E-state index is 13.5. The Morgan fingerprint density at radius 3 is 2.56 bits per heavy atom. The number of piperazine rings is 1. The van der Waals surface area contributed by atoms with E-state index in [0.29, 0.717) is 10.0 Å². The van der Waals surface area contributed by atoms with Gasteiger partial charge in [0.1, 0.15) is 5.82 Å². The number of carbonyl (C=O) groups is 1. The van der Waals surface area contributed by atoms with Crippen LogP contribution in [0.25, 0.3) is 0 Å². The SMILES string of the molecule is CC1CNCC(C)N1C(=O)c1ccc(Br)c(F)c1. The zero-order chi connectivity index (χ0) is 13.3. The minimum Gasteiger partial charge on any atom is -0.331 e. The molecular weight excluding hydrogens is 299 g/mol. The second-order valence-corrected chi connectivity index (χ2v) is 5.55. The van der Waals surface area contributed by atoms with Crippen molar-refractivity contribution in [2.45, 2.75) is 25.9 Å². The smallest absolute Gasteiger partial charge is 0.254 e. The van der Waals surface area contributed by atoms with E-state index in [1.807, 2.05) is 18.7 Å². The second-order valence-electron chi connectivity index (χ2n) is 4.70. The molecule has 0 spiro atoms. The van der Waals surface area contributed by atoms with Gasteiger partial charge in [-0.3, -0.25) is 4.79 Å². The summed E-state index contributed by atoms with van der Waals surface area (Å²) in [6.07, 6.45) is 0. The Labute approximate surface area is 114 Å². The molecular formula is C13H16BrFN2O. The van der Waals surface area contributed by atoms with Crippen molar-refractivity contribution >= 4 is 21.8 Å². The molecule has 1 amide bonds. The summed E-state index contributed by atoms with van der Waals surface area (Å²) in [6, 6.07) is 4.74. The van der Waals surface area contributed by atoms with Gasteiger partial charge in [0.2, 0.25) is 0 Å². The lowest BCUT2D eigenvalue weighted by Crippen LogP contribution is -2.57. The first kappa shape index (κ1) is 13.5. The molecule has 2 rings (SSSR count). The van der Waals surface area contributed by atoms with Crippen LogP contribution in [0.2, 0.25) is 0 Å². The second kappa shape index (κ2) is 5.36. The summed E-state index contributed by atoms with van der Waals surface area (Å²) in [5, 5.41) is 3.27. The monoisotopic (exact) mass is 314 g/mol. The molecule has 1 N–H and O–H groups in total. The molecule has 1 aliphatic rings. The van der Waals surface area contributed by atoms with E-state index in [0.717, 1.165) is 13.1 Å². The number of rotatable bonds is 1. The van der Waals surface area contributed by atoms with E-state index < -0.39 is 5.82 Å². The van der Waals surface area contributed by atoms with Gasteiger partial charge in [-0.05, 0) is 48.0 Å². The Balaban J connectivity index is 2.26. The molecule has 0 aliphatic carbocycles. The number of nitrogens with zero attached hydrogens (tertiary/aromatic N) is 1. The first-order valence-corrected chi connectivity index (χ1v) is 6.78. The molecule has 1 aromatic rings. The van der Waals surface area contributed by atoms with Crippen LogP contribution in [-0.4, -0.2) is 36.0 Å². The molecule has 98 valence electrons. The fourth-order valence-electron chi connectivity index (χ4n) is 2.31. The van der Waals surface area contributed by atoms with Crippen LogP contribution in [0.15, 0.2) is 22.7 Å². The van der Waals surface area contributed by atoms with Crippen LogP contribution in [0.5, 0.6) is 0 Å². The minimum atomic E-state index is -0.406. The normalized spacial score (nSPS) is 24.1. The first-order valence-electron chi connectivity index (χ1n) is 5.99. The van der Waals surface area contributed by atoms with Crippen molar-refractivity contribution in [3.8, 4) is 0 Å². The summed E-state index contributed by atoms with van der Waals surface area (Å²) in [5.74, 6) is -0.515. The van der Waals surface area contributed by atoms with Crippen LogP contribution in [0.1, 0.15) is 24.2 Å². The number of hydrogen-bond acceptors (Lipinski definition) is 2. The van der Waals surface area contributed by atoms with Crippen LogP contribution in [0.4, 0.5) is 4.39 Å². The van der Waals surface area contributed by atoms with E-state index in [-0.39, 0.29) is 18.0 Å². The summed E-state index contributed by atoms with van der Waals surface area (Å²) < 4.78 is 13.8. The number of halogens is 2. The highest BCUT2D eigenvalue weighted by atomic mass is 79.9. The maximum absolute atomic E-state index is 13.5. The maximum Gasteiger partial charge on any atom is 0.254 e. The van der Waals surface area contributed by atoms with Gasteiger partial charge in [-0.2, -0.15) is 0 Å². The van der Waals surface area contributed by atoms with Gasteiger partial charge in [0, 0.05) is 30.7 Å². The summed E-state index contributed by atoms with van der Waals surface area (Å²) in [5.41, 5.74) is 0.399. The Kier molecular flexibility index (Phi) is 4.02. The lowest BCUT2D eigenvalue weighted by Gasteiger charge is -2.39. The summed E-state index contributed by atoms with van der Waals surface area (Å²) in [6.45, 7) is 5.54. The van der Waals surface area contributed by atoms with Crippen LogP contribution < -0.4 is 5.32 Å². The topological polar surface area (TPSA) is 32.3 Å². The van der Waals surface area contributed by atoms with Crippen LogP contribution in [0, 0.1) is 5.82 Å². The van der Waals surface area contributed by atoms with Gasteiger partial charge in [0.25, 0.3) is 5.91 Å². The molecule has 0 bridgehead atoms. The Bertz CT molecular complexity index is 456. The van der Waals surface area contributed by atoms with Crippen molar-refractivity contribution in [3.63, 3.8) is 0 Å². The van der Waals surface area contributed by atoms with Crippen molar-refractivity contribution in [1.29, 1.82) is 0 Å². The molecule has 0 radical (unpaired) electrons. The molecule has 0 aromatic heterocycles. The lowest BCUT2D eigenvalue weighted by atomic mass is 10.1. The highest BCUT2D eigenvalue weighted by Crippen LogP contribution is 2.20. The van der Waals surface area contributed by atoms with Crippen molar-refractivity contribution in [2.75, 3.05) is 13.1 Å². The fraction of sp³-hybridized carbons (Fsp3) is 0.462. The quantitative estimate of drug-likeness (QED) is 0.863. The highest BCUT2D eigenvalue weighted by molar-refractivity contribution is 9.10. The van der Waals surface area contributed by atoms with E-state index in [2.05, 4.69) is 21.2 Å². The summed E-state index contributed by atoms with van der Waals surface area (Å²) in [7, 11) is 0. The predicted molar refractivity (Wildman–Crippen MR) is 72.1 cm³/mol. The average molecular weight is 315 g/mol. The van der Waals surface area contributed by atoms with E-state index >= 15 is 0 Å². The van der Waals surface area contributed by atoms with Gasteiger partial charge >= 0.3 is 0 Å². The van der Waals surface area contributed by atoms with Crippen LogP contribution in [0.3, 0.4) is 0 Å². The molecule has 1 fully saturated rings. The summed E-state index contributed by atoms with van der Waals surface area (Å²) >= 11 is 3.09. The molecule has 1 saturated heterocycles. The number of benzene rings is 1. The lowest BCUT2D eigenvalue weighted by molar-refractivity contribution is 0.0544. The van der Waals surface area contributed by atoms with Crippen LogP contribution >= 0.6 is 15.9 Å². The standard InChI is InChI=1S/C13H16BrFN2O/c1-8-6-16-7-9(2)17(8)13(18)10-3-4-11(14)12(15)5-10/h3-5,8-9,16H,6-7H2,1-2H3. The van der Waals surface area contributed by atoms with Gasteiger partial charge in [-0.15, -0.1) is 0 Å². The van der Waals surface area contributed by atoms with Crippen molar-refractivity contribution < 1.29 is 9.18 Å². The first-order chi connectivity index (χ1) is 8.50. The largest absolute Gasteiger partial charge is 0.331 e. The van der Waals surface area contributed by atoms with Gasteiger partial charge in [-0.1, -0.05) is 0 Å². The number of hydrogen-bond donors (Lipinski definition) is 1. The highest BCUT2D eigenvalue weighted by Gasteiger charge is 2.29. The third kappa shape index (κ3) is 2.57. The Hall–Kier alpha value is -0.940. The van der Waals surface area contributed by atoms with Gasteiger partial charge in [-0.25, -0.2) is 4.39 Å². The molecule has 3 nitrogen and oxygen atoms in total. The van der Waals surface area contributed by atoms with Crippen molar-refractivity contribution in [1.82, 2.24) is 10.2 Å². The Morgan fingerprint density at radius 2 is 2.00 bits per heavy atom. The molecule has 1 aliphatic heterocycles.